The summed E-state index contributed by atoms with van der Waals surface area (Å²) in [5.41, 5.74) is 12.5. The Balaban J connectivity index is 0.000000275. The van der Waals surface area contributed by atoms with E-state index in [-0.39, 0.29) is 37.4 Å². The van der Waals surface area contributed by atoms with Gasteiger partial charge in [0.1, 0.15) is 10.0 Å². The molecule has 11 nitrogen and oxygen atoms in total. The second kappa shape index (κ2) is 27.6. The van der Waals surface area contributed by atoms with Gasteiger partial charge in [0.15, 0.2) is 11.6 Å². The highest BCUT2D eigenvalue weighted by Gasteiger charge is 2.23. The van der Waals surface area contributed by atoms with Crippen LogP contribution in [0.25, 0.3) is 22.5 Å². The van der Waals surface area contributed by atoms with Gasteiger partial charge >= 0.3 is 5.97 Å². The van der Waals surface area contributed by atoms with Gasteiger partial charge in [-0.3, -0.25) is 14.4 Å². The standard InChI is InChI=1S/C23H25N3O2S2.C15H18N2OS2.C8H9NO2.CH4/c1-24-18-10-8-17(9-11-18)23(28)26-19(12-13-29-2)21(27)14-22-25-20(15-30-22)16-6-4-3-5-7-16;1-19-8-7-12(16)14(18)9-15-17-13(10-20-15)11-5-3-2-4-6-11;1-9-7-4-2-6(3-5-7)8(10)11;/h3-11,15,19,24H,12-14H2,1-2H3,(H,26,28);2-6,10,12H,7-9,16H2,1H3;2-5,9H,1H3,(H,10,11);1H4/t19-;12-;;/m00../s1. The molecule has 2 aromatic heterocycles. The molecule has 0 fully saturated rings. The van der Waals surface area contributed by atoms with Crippen LogP contribution in [0.2, 0.25) is 0 Å². The number of nitrogens with two attached hydrogens (primary N) is 1. The van der Waals surface area contributed by atoms with E-state index >= 15 is 0 Å². The van der Waals surface area contributed by atoms with Crippen LogP contribution in [0.3, 0.4) is 0 Å². The Morgan fingerprint density at radius 2 is 1.08 bits per heavy atom. The first-order valence-electron chi connectivity index (χ1n) is 19.4. The number of Topliss-reactive ketones (excluding diaryl/α,β-unsaturated/α-hetero) is 2. The number of carboxylic acids is 1. The van der Waals surface area contributed by atoms with Crippen LogP contribution in [0, 0.1) is 0 Å². The summed E-state index contributed by atoms with van der Waals surface area (Å²) in [6, 6.07) is 32.8. The van der Waals surface area contributed by atoms with E-state index in [0.717, 1.165) is 61.8 Å². The number of nitrogens with one attached hydrogen (secondary N) is 3. The number of rotatable bonds is 19. The van der Waals surface area contributed by atoms with Gasteiger partial charge in [-0.05, 0) is 85.4 Å². The van der Waals surface area contributed by atoms with Crippen molar-refractivity contribution in [3.05, 3.63) is 141 Å². The highest BCUT2D eigenvalue weighted by molar-refractivity contribution is 7.98. The quantitative estimate of drug-likeness (QED) is 0.0521. The van der Waals surface area contributed by atoms with Gasteiger partial charge in [0.2, 0.25) is 0 Å². The summed E-state index contributed by atoms with van der Waals surface area (Å²) in [7, 11) is 3.61. The van der Waals surface area contributed by atoms with Gasteiger partial charge in [0.05, 0.1) is 41.9 Å². The van der Waals surface area contributed by atoms with E-state index < -0.39 is 12.0 Å². The number of ketones is 2. The molecule has 0 saturated heterocycles. The van der Waals surface area contributed by atoms with Gasteiger partial charge in [0, 0.05) is 52.9 Å². The van der Waals surface area contributed by atoms with Crippen molar-refractivity contribution in [1.82, 2.24) is 15.3 Å². The second-order valence-corrected chi connectivity index (χ2v) is 17.3. The summed E-state index contributed by atoms with van der Waals surface area (Å²) >= 11 is 6.37. The van der Waals surface area contributed by atoms with Crippen LogP contribution in [0.15, 0.2) is 120 Å². The molecule has 0 radical (unpaired) electrons. The molecule has 4 aromatic carbocycles. The molecule has 6 N–H and O–H groups in total. The van der Waals surface area contributed by atoms with Gasteiger partial charge in [-0.1, -0.05) is 68.1 Å². The minimum atomic E-state index is -0.896. The Hall–Kier alpha value is -5.32. The van der Waals surface area contributed by atoms with Crippen molar-refractivity contribution in [2.24, 2.45) is 5.73 Å². The molecule has 0 aliphatic heterocycles. The number of anilines is 2. The normalized spacial score (nSPS) is 11.2. The zero-order valence-corrected chi connectivity index (χ0v) is 37.9. The molecule has 328 valence electrons. The van der Waals surface area contributed by atoms with Crippen LogP contribution in [-0.2, 0) is 22.4 Å². The van der Waals surface area contributed by atoms with Gasteiger partial charge in [-0.2, -0.15) is 23.5 Å². The Morgan fingerprint density at radius 1 is 0.645 bits per heavy atom. The lowest BCUT2D eigenvalue weighted by molar-refractivity contribution is -0.120. The number of thiazole rings is 2. The van der Waals surface area contributed by atoms with Crippen molar-refractivity contribution in [2.75, 3.05) is 48.7 Å². The summed E-state index contributed by atoms with van der Waals surface area (Å²) in [4.78, 5) is 57.1. The Labute approximate surface area is 381 Å². The van der Waals surface area contributed by atoms with Crippen molar-refractivity contribution < 1.29 is 24.3 Å². The number of nitrogens with zero attached hydrogens (tertiary/aromatic N) is 2. The van der Waals surface area contributed by atoms with Gasteiger partial charge in [-0.15, -0.1) is 22.7 Å². The third-order valence-corrected chi connectivity index (χ3v) is 12.1. The van der Waals surface area contributed by atoms with Crippen molar-refractivity contribution in [1.29, 1.82) is 0 Å². The summed E-state index contributed by atoms with van der Waals surface area (Å²) in [6.07, 6.45) is 5.90. The molecule has 62 heavy (non-hydrogen) atoms. The third kappa shape index (κ3) is 16.9. The van der Waals surface area contributed by atoms with Crippen LogP contribution in [-0.4, -0.2) is 88.7 Å². The lowest BCUT2D eigenvalue weighted by atomic mass is 10.1. The van der Waals surface area contributed by atoms with Gasteiger partial charge in [0.25, 0.3) is 5.91 Å². The van der Waals surface area contributed by atoms with Crippen LogP contribution < -0.4 is 21.7 Å². The lowest BCUT2D eigenvalue weighted by Gasteiger charge is -2.17. The zero-order valence-electron chi connectivity index (χ0n) is 34.6. The molecule has 6 rings (SSSR count). The van der Waals surface area contributed by atoms with Crippen LogP contribution >= 0.6 is 46.2 Å². The van der Waals surface area contributed by atoms with Crippen molar-refractivity contribution >= 4 is 81.0 Å². The number of carboxylic acid groups (broad SMARTS) is 1. The number of benzene rings is 4. The number of carbonyl (C=O) groups is 4. The maximum absolute atomic E-state index is 13.0. The molecular formula is C47H56N6O5S4. The third-order valence-electron chi connectivity index (χ3n) is 9.10. The molecule has 0 bridgehead atoms. The molecule has 0 spiro atoms. The summed E-state index contributed by atoms with van der Waals surface area (Å²) in [5.74, 6) is 0.642. The molecule has 0 aliphatic rings. The van der Waals surface area contributed by atoms with Gasteiger partial charge in [-0.25, -0.2) is 14.8 Å². The molecule has 1 amide bonds. The van der Waals surface area contributed by atoms with E-state index in [2.05, 4.69) is 25.9 Å². The number of hydrogen-bond donors (Lipinski definition) is 5. The van der Waals surface area contributed by atoms with Crippen LogP contribution in [0.1, 0.15) is 51.0 Å². The molecular weight excluding hydrogens is 857 g/mol. The Morgan fingerprint density at radius 3 is 1.52 bits per heavy atom. The van der Waals surface area contributed by atoms with Crippen LogP contribution in [0.4, 0.5) is 11.4 Å². The monoisotopic (exact) mass is 912 g/mol. The molecule has 0 aliphatic carbocycles. The Bertz CT molecular complexity index is 2250. The van der Waals surface area contributed by atoms with Crippen molar-refractivity contribution in [3.63, 3.8) is 0 Å². The first-order chi connectivity index (χ1) is 29.5. The Kier molecular flexibility index (Phi) is 22.7. The fourth-order valence-electron chi connectivity index (χ4n) is 5.58. The fourth-order valence-corrected chi connectivity index (χ4v) is 8.17. The predicted octanol–water partition coefficient (Wildman–Crippen LogP) is 9.58. The number of thioether (sulfide) groups is 2. The molecule has 0 saturated carbocycles. The lowest BCUT2D eigenvalue weighted by Crippen LogP contribution is -2.42. The predicted molar refractivity (Wildman–Crippen MR) is 263 cm³/mol. The van der Waals surface area contributed by atoms with Crippen molar-refractivity contribution in [2.45, 2.75) is 45.2 Å². The molecule has 2 heterocycles. The average Bonchev–Trinajstić information content (AvgIpc) is 3.98. The largest absolute Gasteiger partial charge is 0.478 e. The average molecular weight is 913 g/mol. The fraction of sp³-hybridized carbons (Fsp3) is 0.277. The topological polar surface area (TPSA) is 176 Å². The first kappa shape index (κ1) is 51.0. The highest BCUT2D eigenvalue weighted by Crippen LogP contribution is 2.24. The summed E-state index contributed by atoms with van der Waals surface area (Å²) in [5, 5.41) is 22.9. The number of aromatic nitrogens is 2. The second-order valence-electron chi connectivity index (χ2n) is 13.4. The molecule has 6 aromatic rings. The highest BCUT2D eigenvalue weighted by atomic mass is 32.2. The number of amides is 1. The van der Waals surface area contributed by atoms with E-state index in [4.69, 9.17) is 10.8 Å². The van der Waals surface area contributed by atoms with E-state index in [0.29, 0.717) is 24.0 Å². The van der Waals surface area contributed by atoms with Gasteiger partial charge < -0.3 is 26.8 Å². The minimum absolute atomic E-state index is 0. The summed E-state index contributed by atoms with van der Waals surface area (Å²) in [6.45, 7) is 0. The number of carbonyl (C=O) groups excluding carboxylic acids is 3. The molecule has 2 atom stereocenters. The summed E-state index contributed by atoms with van der Waals surface area (Å²) < 4.78 is 0. The van der Waals surface area contributed by atoms with E-state index in [9.17, 15) is 19.2 Å². The first-order valence-corrected chi connectivity index (χ1v) is 24.0. The number of aromatic carboxylic acids is 1. The zero-order chi connectivity index (χ0) is 44.0. The van der Waals surface area contributed by atoms with E-state index in [1.165, 1.54) is 22.7 Å². The van der Waals surface area contributed by atoms with E-state index in [1.54, 1.807) is 67.0 Å². The van der Waals surface area contributed by atoms with E-state index in [1.807, 2.05) is 103 Å². The molecule has 0 unspecified atom stereocenters. The number of hydrogen-bond acceptors (Lipinski definition) is 13. The SMILES string of the molecule is C.CNc1ccc(C(=O)N[C@@H](CCSC)C(=O)Cc2nc(-c3ccccc3)cs2)cc1.CNc1ccc(C(=O)O)cc1.CSCC[C@H](N)C(=O)Cc1nc(-c2ccccc2)cs1. The van der Waals surface area contributed by atoms with Crippen molar-refractivity contribution in [3.8, 4) is 22.5 Å². The smallest absolute Gasteiger partial charge is 0.335 e. The maximum atomic E-state index is 13.0. The van der Waals surface area contributed by atoms with Crippen LogP contribution in [0.5, 0.6) is 0 Å². The minimum Gasteiger partial charge on any atom is -0.478 e. The molecule has 15 heteroatoms. The maximum Gasteiger partial charge on any atom is 0.335 e.